The van der Waals surface area contributed by atoms with E-state index < -0.39 is 17.9 Å². The molecule has 0 bridgehead atoms. The van der Waals surface area contributed by atoms with E-state index in [1.165, 1.54) is 14.2 Å². The van der Waals surface area contributed by atoms with Crippen LogP contribution in [-0.2, 0) is 19.1 Å². The molecule has 0 amide bonds. The number of ether oxygens (including phenoxy) is 3. The highest BCUT2D eigenvalue weighted by Gasteiger charge is 2.40. The quantitative estimate of drug-likeness (QED) is 0.355. The Morgan fingerprint density at radius 1 is 0.973 bits per heavy atom. The summed E-state index contributed by atoms with van der Waals surface area (Å²) in [6.45, 7) is 7.63. The minimum atomic E-state index is -0.773. The zero-order valence-corrected chi connectivity index (χ0v) is 21.3. The van der Waals surface area contributed by atoms with Gasteiger partial charge in [0.2, 0.25) is 0 Å². The molecule has 0 saturated carbocycles. The number of hydrogen-bond acceptors (Lipinski definition) is 7. The largest absolute Gasteiger partial charge is 0.490 e. The number of para-hydroxylation sites is 1. The summed E-state index contributed by atoms with van der Waals surface area (Å²) in [7, 11) is 2.64. The van der Waals surface area contributed by atoms with E-state index in [0.29, 0.717) is 46.2 Å². The van der Waals surface area contributed by atoms with Crippen molar-refractivity contribution in [1.82, 2.24) is 15.1 Å². The maximum atomic E-state index is 13.0. The molecular formula is C29H29N3O5. The fourth-order valence-electron chi connectivity index (χ4n) is 4.47. The van der Waals surface area contributed by atoms with Crippen molar-refractivity contribution in [3.63, 3.8) is 0 Å². The Morgan fingerprint density at radius 3 is 2.11 bits per heavy atom. The molecule has 2 heterocycles. The molecule has 0 unspecified atom stereocenters. The summed E-state index contributed by atoms with van der Waals surface area (Å²) < 4.78 is 17.6. The Balaban J connectivity index is 1.96. The fourth-order valence-corrected chi connectivity index (χ4v) is 4.47. The van der Waals surface area contributed by atoms with E-state index in [-0.39, 0.29) is 0 Å². The van der Waals surface area contributed by atoms with Crippen LogP contribution >= 0.6 is 0 Å². The van der Waals surface area contributed by atoms with Gasteiger partial charge in [0.05, 0.1) is 42.7 Å². The Morgan fingerprint density at radius 2 is 1.57 bits per heavy atom. The highest BCUT2D eigenvalue weighted by atomic mass is 16.5. The molecule has 1 N–H and O–H groups in total. The maximum absolute atomic E-state index is 13.0. The summed E-state index contributed by atoms with van der Waals surface area (Å²) in [6, 6.07) is 17.1. The van der Waals surface area contributed by atoms with Crippen molar-refractivity contribution in [2.75, 3.05) is 20.8 Å². The van der Waals surface area contributed by atoms with Crippen LogP contribution in [0.15, 0.2) is 96.0 Å². The summed E-state index contributed by atoms with van der Waals surface area (Å²) in [4.78, 5) is 26.1. The molecule has 0 saturated heterocycles. The Hall–Kier alpha value is -4.59. The van der Waals surface area contributed by atoms with E-state index in [0.717, 1.165) is 11.3 Å². The number of benzene rings is 2. The number of allylic oxidation sites excluding steroid dienone is 2. The number of esters is 2. The Kier molecular flexibility index (Phi) is 7.57. The van der Waals surface area contributed by atoms with Crippen molar-refractivity contribution < 1.29 is 23.8 Å². The Labute approximate surface area is 215 Å². The number of carbonyl (C=O) groups is 2. The van der Waals surface area contributed by atoms with Crippen LogP contribution in [0.5, 0.6) is 5.75 Å². The van der Waals surface area contributed by atoms with Gasteiger partial charge in [0.25, 0.3) is 0 Å². The first kappa shape index (κ1) is 25.5. The molecule has 37 heavy (non-hydrogen) atoms. The summed E-state index contributed by atoms with van der Waals surface area (Å²) in [5.41, 5.74) is 4.69. The number of nitrogens with one attached hydrogen (secondary N) is 1. The number of aromatic nitrogens is 2. The topological polar surface area (TPSA) is 91.7 Å². The van der Waals surface area contributed by atoms with Crippen LogP contribution < -0.4 is 10.1 Å². The van der Waals surface area contributed by atoms with Gasteiger partial charge in [-0.3, -0.25) is 0 Å². The molecule has 0 radical (unpaired) electrons. The number of nitrogens with zero attached hydrogens (tertiary/aromatic N) is 2. The predicted molar refractivity (Wildman–Crippen MR) is 140 cm³/mol. The van der Waals surface area contributed by atoms with Crippen LogP contribution in [0, 0.1) is 0 Å². The zero-order chi connectivity index (χ0) is 26.5. The van der Waals surface area contributed by atoms with Crippen molar-refractivity contribution in [2.45, 2.75) is 19.8 Å². The van der Waals surface area contributed by atoms with E-state index in [4.69, 9.17) is 19.3 Å². The second-order valence-electron chi connectivity index (χ2n) is 8.46. The molecule has 4 rings (SSSR count). The van der Waals surface area contributed by atoms with Crippen LogP contribution in [0.25, 0.3) is 16.9 Å². The van der Waals surface area contributed by atoms with E-state index in [1.54, 1.807) is 24.6 Å². The van der Waals surface area contributed by atoms with Crippen LogP contribution in [0.3, 0.4) is 0 Å². The summed E-state index contributed by atoms with van der Waals surface area (Å²) in [5.74, 6) is -1.18. The predicted octanol–water partition coefficient (Wildman–Crippen LogP) is 4.68. The lowest BCUT2D eigenvalue weighted by atomic mass is 9.79. The van der Waals surface area contributed by atoms with Crippen LogP contribution in [-0.4, -0.2) is 42.5 Å². The van der Waals surface area contributed by atoms with Gasteiger partial charge in [-0.25, -0.2) is 14.3 Å². The maximum Gasteiger partial charge on any atom is 0.336 e. The van der Waals surface area contributed by atoms with Crippen molar-refractivity contribution in [2.24, 2.45) is 0 Å². The molecule has 0 atom stereocenters. The van der Waals surface area contributed by atoms with Crippen molar-refractivity contribution in [1.29, 1.82) is 0 Å². The molecule has 190 valence electrons. The number of hydrogen-bond donors (Lipinski definition) is 1. The third-order valence-corrected chi connectivity index (χ3v) is 6.14. The smallest absolute Gasteiger partial charge is 0.336 e. The lowest BCUT2D eigenvalue weighted by molar-refractivity contribution is -0.137. The molecule has 1 aliphatic rings. The van der Waals surface area contributed by atoms with Crippen LogP contribution in [0.4, 0.5) is 0 Å². The molecule has 2 aromatic carbocycles. The molecule has 8 heteroatoms. The van der Waals surface area contributed by atoms with Crippen molar-refractivity contribution >= 4 is 11.9 Å². The monoisotopic (exact) mass is 499 g/mol. The molecule has 8 nitrogen and oxygen atoms in total. The molecule has 1 aliphatic heterocycles. The van der Waals surface area contributed by atoms with Crippen molar-refractivity contribution in [3.8, 4) is 22.7 Å². The minimum Gasteiger partial charge on any atom is -0.490 e. The van der Waals surface area contributed by atoms with E-state index in [9.17, 15) is 9.59 Å². The molecular weight excluding hydrogens is 470 g/mol. The van der Waals surface area contributed by atoms with Gasteiger partial charge in [0.15, 0.2) is 0 Å². The highest BCUT2D eigenvalue weighted by Crippen LogP contribution is 2.43. The van der Waals surface area contributed by atoms with Gasteiger partial charge in [-0.15, -0.1) is 0 Å². The summed E-state index contributed by atoms with van der Waals surface area (Å²) in [5, 5.41) is 8.04. The standard InChI is InChI=1S/C29H29N3O5/c1-6-16-37-22-14-12-20(13-15-22)27-23(17-32(31-27)21-10-8-7-9-11-21)26-24(28(33)35-4)18(2)30-19(3)25(26)29(34)36-5/h6-15,17,26,30H,1,16H2,2-5H3. The average Bonchev–Trinajstić information content (AvgIpc) is 3.36. The van der Waals surface area contributed by atoms with E-state index >= 15 is 0 Å². The second-order valence-corrected chi connectivity index (χ2v) is 8.46. The summed E-state index contributed by atoms with van der Waals surface area (Å²) >= 11 is 0. The van der Waals surface area contributed by atoms with E-state index in [1.807, 2.05) is 60.8 Å². The number of rotatable bonds is 8. The molecule has 0 fully saturated rings. The Bertz CT molecular complexity index is 1350. The molecule has 1 aromatic heterocycles. The molecule has 3 aromatic rings. The number of dihydropyridines is 1. The van der Waals surface area contributed by atoms with Crippen molar-refractivity contribution in [3.05, 3.63) is 102 Å². The normalized spacial score (nSPS) is 13.7. The lowest BCUT2D eigenvalue weighted by Crippen LogP contribution is -2.32. The van der Waals surface area contributed by atoms with Crippen LogP contribution in [0.2, 0.25) is 0 Å². The number of carbonyl (C=O) groups excluding carboxylic acids is 2. The first-order valence-electron chi connectivity index (χ1n) is 11.7. The molecule has 0 aliphatic carbocycles. The average molecular weight is 500 g/mol. The van der Waals surface area contributed by atoms with Gasteiger partial charge in [0, 0.05) is 28.7 Å². The van der Waals surface area contributed by atoms with Gasteiger partial charge in [-0.05, 0) is 50.2 Å². The highest BCUT2D eigenvalue weighted by molar-refractivity contribution is 6.00. The third-order valence-electron chi connectivity index (χ3n) is 6.14. The van der Waals surface area contributed by atoms with Gasteiger partial charge in [0.1, 0.15) is 12.4 Å². The van der Waals surface area contributed by atoms with E-state index in [2.05, 4.69) is 11.9 Å². The minimum absolute atomic E-state index is 0.313. The zero-order valence-electron chi connectivity index (χ0n) is 21.3. The van der Waals surface area contributed by atoms with Gasteiger partial charge >= 0.3 is 11.9 Å². The second kappa shape index (κ2) is 11.0. The summed E-state index contributed by atoms with van der Waals surface area (Å²) in [6.07, 6.45) is 3.52. The lowest BCUT2D eigenvalue weighted by Gasteiger charge is -2.29. The third kappa shape index (κ3) is 5.04. The first-order chi connectivity index (χ1) is 17.9. The number of methoxy groups -OCH3 is 2. The SMILES string of the molecule is C=CCOc1ccc(-c2nn(-c3ccccc3)cc2C2C(C(=O)OC)=C(C)NC(C)=C2C(=O)OC)cc1. The fraction of sp³-hybridized carbons (Fsp3) is 0.207. The van der Waals surface area contributed by atoms with Gasteiger partial charge in [-0.2, -0.15) is 5.10 Å². The van der Waals surface area contributed by atoms with Gasteiger partial charge in [-0.1, -0.05) is 30.9 Å². The van der Waals surface area contributed by atoms with Crippen LogP contribution in [0.1, 0.15) is 25.3 Å². The van der Waals surface area contributed by atoms with Gasteiger partial charge < -0.3 is 19.5 Å². The molecule has 0 spiro atoms. The first-order valence-corrected chi connectivity index (χ1v) is 11.7.